The highest BCUT2D eigenvalue weighted by Crippen LogP contribution is 2.24. The first-order valence-corrected chi connectivity index (χ1v) is 8.25. The summed E-state index contributed by atoms with van der Waals surface area (Å²) in [5.41, 5.74) is 2.30. The van der Waals surface area contributed by atoms with E-state index in [2.05, 4.69) is 26.0 Å². The third-order valence-electron chi connectivity index (χ3n) is 4.07. The van der Waals surface area contributed by atoms with Crippen molar-refractivity contribution in [3.05, 3.63) is 69.1 Å². The van der Waals surface area contributed by atoms with E-state index < -0.39 is 0 Å². The summed E-state index contributed by atoms with van der Waals surface area (Å²) in [5.74, 6) is 0.803. The van der Waals surface area contributed by atoms with E-state index in [0.29, 0.717) is 12.1 Å². The van der Waals surface area contributed by atoms with Crippen LogP contribution in [-0.4, -0.2) is 21.9 Å². The number of fused-ring (bicyclic) bond motifs is 3. The molecule has 4 rings (SSSR count). The summed E-state index contributed by atoms with van der Waals surface area (Å²) < 4.78 is 7.87. The maximum atomic E-state index is 12.5. The number of ether oxygens (including phenoxy) is 1. The molecule has 6 heteroatoms. The number of rotatable bonds is 3. The van der Waals surface area contributed by atoms with E-state index in [9.17, 15) is 4.79 Å². The van der Waals surface area contributed by atoms with Crippen molar-refractivity contribution in [3.63, 3.8) is 0 Å². The summed E-state index contributed by atoms with van der Waals surface area (Å²) in [5, 5.41) is 6.25. The zero-order chi connectivity index (χ0) is 16.7. The average molecular weight is 384 g/mol. The molecule has 0 radical (unpaired) electrons. The van der Waals surface area contributed by atoms with E-state index in [1.54, 1.807) is 18.0 Å². The van der Waals surface area contributed by atoms with Crippen LogP contribution in [0.3, 0.4) is 0 Å². The maximum absolute atomic E-state index is 12.5. The molecule has 0 fully saturated rings. The fraction of sp³-hybridized carbons (Fsp3) is 0.111. The summed E-state index contributed by atoms with van der Waals surface area (Å²) in [7, 11) is 1.64. The number of halogens is 1. The van der Waals surface area contributed by atoms with Crippen LogP contribution >= 0.6 is 15.9 Å². The maximum Gasteiger partial charge on any atom is 0.274 e. The number of H-pyrrole nitrogens is 1. The van der Waals surface area contributed by atoms with Crippen LogP contribution in [0.15, 0.2) is 57.9 Å². The van der Waals surface area contributed by atoms with Crippen LogP contribution in [-0.2, 0) is 6.54 Å². The van der Waals surface area contributed by atoms with Crippen LogP contribution in [0.25, 0.3) is 21.8 Å². The number of aromatic nitrogens is 3. The van der Waals surface area contributed by atoms with Gasteiger partial charge in [-0.3, -0.25) is 9.48 Å². The smallest absolute Gasteiger partial charge is 0.274 e. The molecule has 2 heterocycles. The standard InChI is InChI=1S/C18H14BrN3O2/c1-24-13-5-2-11(3-6-13)10-22-17-15(9-20-22)14-8-12(19)4-7-16(14)21-18(17)23/h2-9H,10H2,1H3,(H,21,23). The van der Waals surface area contributed by atoms with E-state index in [1.165, 1.54) is 0 Å². The fourth-order valence-corrected chi connectivity index (χ4v) is 3.24. The van der Waals surface area contributed by atoms with E-state index in [-0.39, 0.29) is 5.56 Å². The topological polar surface area (TPSA) is 59.9 Å². The first-order chi connectivity index (χ1) is 11.7. The molecule has 0 aliphatic carbocycles. The molecule has 0 spiro atoms. The molecule has 2 aromatic carbocycles. The second-order valence-electron chi connectivity index (χ2n) is 5.56. The van der Waals surface area contributed by atoms with Gasteiger partial charge in [0.1, 0.15) is 11.3 Å². The molecule has 1 N–H and O–H groups in total. The summed E-state index contributed by atoms with van der Waals surface area (Å²) in [6.07, 6.45) is 1.75. The van der Waals surface area contributed by atoms with Crippen molar-refractivity contribution in [2.75, 3.05) is 7.11 Å². The molecule has 5 nitrogen and oxygen atoms in total. The molecule has 0 unspecified atom stereocenters. The Bertz CT molecular complexity index is 1100. The molecule has 2 aromatic heterocycles. The number of hydrogen-bond acceptors (Lipinski definition) is 3. The molecule has 0 bridgehead atoms. The van der Waals surface area contributed by atoms with Crippen LogP contribution in [0.2, 0.25) is 0 Å². The monoisotopic (exact) mass is 383 g/mol. The highest BCUT2D eigenvalue weighted by atomic mass is 79.9. The molecular formula is C18H14BrN3O2. The summed E-state index contributed by atoms with van der Waals surface area (Å²) in [4.78, 5) is 15.4. The molecule has 0 saturated heterocycles. The van der Waals surface area contributed by atoms with Crippen molar-refractivity contribution in [1.82, 2.24) is 14.8 Å². The van der Waals surface area contributed by atoms with Crippen molar-refractivity contribution < 1.29 is 4.74 Å². The van der Waals surface area contributed by atoms with Gasteiger partial charge in [-0.25, -0.2) is 0 Å². The minimum atomic E-state index is -0.133. The molecular weight excluding hydrogens is 370 g/mol. The van der Waals surface area contributed by atoms with Crippen LogP contribution in [0.4, 0.5) is 0 Å². The van der Waals surface area contributed by atoms with Gasteiger partial charge in [0.05, 0.1) is 19.9 Å². The minimum absolute atomic E-state index is 0.133. The summed E-state index contributed by atoms with van der Waals surface area (Å²) >= 11 is 3.48. The van der Waals surface area contributed by atoms with Crippen LogP contribution in [0.1, 0.15) is 5.56 Å². The lowest BCUT2D eigenvalue weighted by molar-refractivity contribution is 0.414. The molecule has 0 aliphatic rings. The van der Waals surface area contributed by atoms with E-state index in [1.807, 2.05) is 42.5 Å². The Morgan fingerprint density at radius 2 is 1.96 bits per heavy atom. The Hall–Kier alpha value is -2.60. The van der Waals surface area contributed by atoms with E-state index in [4.69, 9.17) is 4.74 Å². The normalized spacial score (nSPS) is 11.2. The Balaban J connectivity index is 1.85. The molecule has 24 heavy (non-hydrogen) atoms. The number of aromatic amines is 1. The zero-order valence-corrected chi connectivity index (χ0v) is 14.5. The minimum Gasteiger partial charge on any atom is -0.497 e. The van der Waals surface area contributed by atoms with Gasteiger partial charge in [0.2, 0.25) is 0 Å². The van der Waals surface area contributed by atoms with Gasteiger partial charge in [0.25, 0.3) is 5.56 Å². The van der Waals surface area contributed by atoms with Crippen LogP contribution in [0, 0.1) is 0 Å². The van der Waals surface area contributed by atoms with E-state index in [0.717, 1.165) is 32.1 Å². The molecule has 0 saturated carbocycles. The Morgan fingerprint density at radius 3 is 2.71 bits per heavy atom. The average Bonchev–Trinajstić information content (AvgIpc) is 3.01. The van der Waals surface area contributed by atoms with Crippen LogP contribution < -0.4 is 10.3 Å². The van der Waals surface area contributed by atoms with E-state index >= 15 is 0 Å². The first-order valence-electron chi connectivity index (χ1n) is 7.46. The summed E-state index contributed by atoms with van der Waals surface area (Å²) in [6, 6.07) is 13.5. The number of methoxy groups -OCH3 is 1. The number of nitrogens with one attached hydrogen (secondary N) is 1. The predicted octanol–water partition coefficient (Wildman–Crippen LogP) is 3.70. The largest absolute Gasteiger partial charge is 0.497 e. The molecule has 0 aliphatic heterocycles. The van der Waals surface area contributed by atoms with Gasteiger partial charge < -0.3 is 9.72 Å². The van der Waals surface area contributed by atoms with Crippen molar-refractivity contribution in [2.45, 2.75) is 6.54 Å². The van der Waals surface area contributed by atoms with Crippen molar-refractivity contribution >= 4 is 37.7 Å². The number of benzene rings is 2. The van der Waals surface area contributed by atoms with Gasteiger partial charge in [0, 0.05) is 20.8 Å². The summed E-state index contributed by atoms with van der Waals surface area (Å²) in [6.45, 7) is 0.524. The zero-order valence-electron chi connectivity index (χ0n) is 12.9. The van der Waals surface area contributed by atoms with Gasteiger partial charge >= 0.3 is 0 Å². The molecule has 0 amide bonds. The van der Waals surface area contributed by atoms with Crippen LogP contribution in [0.5, 0.6) is 5.75 Å². The second kappa shape index (κ2) is 5.79. The molecule has 0 atom stereocenters. The Kier molecular flexibility index (Phi) is 3.61. The van der Waals surface area contributed by atoms with Gasteiger partial charge in [-0.1, -0.05) is 28.1 Å². The highest BCUT2D eigenvalue weighted by molar-refractivity contribution is 9.10. The molecule has 4 aromatic rings. The second-order valence-corrected chi connectivity index (χ2v) is 6.47. The highest BCUT2D eigenvalue weighted by Gasteiger charge is 2.12. The third-order valence-corrected chi connectivity index (χ3v) is 4.56. The number of nitrogens with zero attached hydrogens (tertiary/aromatic N) is 2. The third kappa shape index (κ3) is 2.49. The molecule has 120 valence electrons. The van der Waals surface area contributed by atoms with Crippen molar-refractivity contribution in [1.29, 1.82) is 0 Å². The van der Waals surface area contributed by atoms with Gasteiger partial charge in [-0.15, -0.1) is 0 Å². The predicted molar refractivity (Wildman–Crippen MR) is 97.7 cm³/mol. The lowest BCUT2D eigenvalue weighted by atomic mass is 10.1. The van der Waals surface area contributed by atoms with Gasteiger partial charge in [0.15, 0.2) is 0 Å². The SMILES string of the molecule is COc1ccc(Cn2ncc3c4cc(Br)ccc4[nH]c(=O)c32)cc1. The van der Waals surface area contributed by atoms with Crippen molar-refractivity contribution in [2.24, 2.45) is 0 Å². The fourth-order valence-electron chi connectivity index (χ4n) is 2.88. The Morgan fingerprint density at radius 1 is 1.17 bits per heavy atom. The lowest BCUT2D eigenvalue weighted by Crippen LogP contribution is -2.13. The first kappa shape index (κ1) is 15.0. The van der Waals surface area contributed by atoms with Gasteiger partial charge in [-0.2, -0.15) is 5.10 Å². The number of hydrogen-bond donors (Lipinski definition) is 1. The quantitative estimate of drug-likeness (QED) is 0.586. The van der Waals surface area contributed by atoms with Gasteiger partial charge in [-0.05, 0) is 35.9 Å². The van der Waals surface area contributed by atoms with Crippen molar-refractivity contribution in [3.8, 4) is 5.75 Å². The lowest BCUT2D eigenvalue weighted by Gasteiger charge is -2.06. The Labute approximate surface area is 146 Å². The number of pyridine rings is 1.